The molecule has 26 heavy (non-hydrogen) atoms. The Bertz CT molecular complexity index is 729. The highest BCUT2D eigenvalue weighted by Gasteiger charge is 2.06. The number of aliphatic carboxylic acids is 1. The lowest BCUT2D eigenvalue weighted by atomic mass is 10.1. The molecule has 2 aromatic rings. The van der Waals surface area contributed by atoms with Gasteiger partial charge in [0.25, 0.3) is 5.91 Å². The molecule has 0 unspecified atom stereocenters. The second-order valence-electron chi connectivity index (χ2n) is 6.08. The van der Waals surface area contributed by atoms with E-state index in [2.05, 4.69) is 10.3 Å². The van der Waals surface area contributed by atoms with Crippen LogP contribution in [0.2, 0.25) is 0 Å². The minimum Gasteiger partial charge on any atom is -0.487 e. The number of benzene rings is 1. The fourth-order valence-corrected chi connectivity index (χ4v) is 2.39. The van der Waals surface area contributed by atoms with Gasteiger partial charge in [0, 0.05) is 24.2 Å². The monoisotopic (exact) mass is 356 g/mol. The van der Waals surface area contributed by atoms with Crippen molar-refractivity contribution in [2.75, 3.05) is 6.54 Å². The molecule has 0 fully saturated rings. The molecule has 1 aromatic heterocycles. The third-order valence-electron chi connectivity index (χ3n) is 3.83. The van der Waals surface area contributed by atoms with E-state index in [1.165, 1.54) is 0 Å². The lowest BCUT2D eigenvalue weighted by molar-refractivity contribution is -0.137. The maximum Gasteiger partial charge on any atom is 0.303 e. The number of rotatable bonds is 10. The van der Waals surface area contributed by atoms with Crippen molar-refractivity contribution in [2.24, 2.45) is 0 Å². The van der Waals surface area contributed by atoms with Gasteiger partial charge in [0.15, 0.2) is 0 Å². The summed E-state index contributed by atoms with van der Waals surface area (Å²) in [7, 11) is 0. The van der Waals surface area contributed by atoms with Gasteiger partial charge >= 0.3 is 5.97 Å². The van der Waals surface area contributed by atoms with Gasteiger partial charge in [0.1, 0.15) is 12.4 Å². The number of ether oxygens (including phenoxy) is 1. The third-order valence-corrected chi connectivity index (χ3v) is 3.83. The van der Waals surface area contributed by atoms with Crippen LogP contribution in [0.1, 0.15) is 47.3 Å². The van der Waals surface area contributed by atoms with Crippen LogP contribution in [0.3, 0.4) is 0 Å². The van der Waals surface area contributed by atoms with Crippen LogP contribution in [0.5, 0.6) is 5.75 Å². The van der Waals surface area contributed by atoms with E-state index in [0.717, 1.165) is 24.1 Å². The predicted octanol–water partition coefficient (Wildman–Crippen LogP) is 3.34. The number of amides is 1. The molecule has 0 saturated heterocycles. The van der Waals surface area contributed by atoms with E-state index in [1.807, 2.05) is 31.2 Å². The number of pyridine rings is 1. The van der Waals surface area contributed by atoms with Gasteiger partial charge < -0.3 is 15.2 Å². The number of aromatic nitrogens is 1. The SMILES string of the molecule is Cc1ccc(OCc2cccc(C(=O)NCCCCCC(=O)O)c2)cn1. The van der Waals surface area contributed by atoms with Gasteiger partial charge in [0.05, 0.1) is 6.20 Å². The quantitative estimate of drug-likeness (QED) is 0.637. The Morgan fingerprint density at radius 3 is 2.73 bits per heavy atom. The molecule has 0 bridgehead atoms. The standard InChI is InChI=1S/C20H24N2O4/c1-15-9-10-18(13-22-15)26-14-16-6-5-7-17(12-16)20(25)21-11-4-2-3-8-19(23)24/h5-7,9-10,12-13H,2-4,8,11,14H2,1H3,(H,21,25)(H,23,24). The summed E-state index contributed by atoms with van der Waals surface area (Å²) < 4.78 is 5.68. The summed E-state index contributed by atoms with van der Waals surface area (Å²) in [5, 5.41) is 11.4. The Morgan fingerprint density at radius 1 is 1.15 bits per heavy atom. The fraction of sp³-hybridized carbons (Fsp3) is 0.350. The highest BCUT2D eigenvalue weighted by atomic mass is 16.5. The van der Waals surface area contributed by atoms with Crippen molar-refractivity contribution < 1.29 is 19.4 Å². The first kappa shape index (κ1) is 19.4. The molecular weight excluding hydrogens is 332 g/mol. The van der Waals surface area contributed by atoms with Crippen molar-refractivity contribution in [3.8, 4) is 5.75 Å². The fourth-order valence-electron chi connectivity index (χ4n) is 2.39. The molecule has 6 nitrogen and oxygen atoms in total. The molecule has 6 heteroatoms. The van der Waals surface area contributed by atoms with Gasteiger partial charge in [-0.1, -0.05) is 18.6 Å². The van der Waals surface area contributed by atoms with Crippen molar-refractivity contribution in [1.29, 1.82) is 0 Å². The topological polar surface area (TPSA) is 88.5 Å². The number of hydrogen-bond acceptors (Lipinski definition) is 4. The Balaban J connectivity index is 1.77. The van der Waals surface area contributed by atoms with Crippen molar-refractivity contribution in [1.82, 2.24) is 10.3 Å². The number of unbranched alkanes of at least 4 members (excludes halogenated alkanes) is 2. The van der Waals surface area contributed by atoms with E-state index in [4.69, 9.17) is 9.84 Å². The Morgan fingerprint density at radius 2 is 2.00 bits per heavy atom. The molecule has 1 aromatic carbocycles. The van der Waals surface area contributed by atoms with E-state index in [9.17, 15) is 9.59 Å². The number of nitrogens with one attached hydrogen (secondary N) is 1. The summed E-state index contributed by atoms with van der Waals surface area (Å²) in [6, 6.07) is 11.1. The van der Waals surface area contributed by atoms with Crippen LogP contribution in [0.25, 0.3) is 0 Å². The molecule has 0 saturated carbocycles. The number of carbonyl (C=O) groups excluding carboxylic acids is 1. The van der Waals surface area contributed by atoms with E-state index < -0.39 is 5.97 Å². The van der Waals surface area contributed by atoms with Crippen molar-refractivity contribution in [3.05, 3.63) is 59.4 Å². The largest absolute Gasteiger partial charge is 0.487 e. The van der Waals surface area contributed by atoms with Gasteiger partial charge in [-0.3, -0.25) is 14.6 Å². The Labute approximate surface area is 153 Å². The zero-order valence-corrected chi connectivity index (χ0v) is 14.9. The summed E-state index contributed by atoms with van der Waals surface area (Å²) in [6.45, 7) is 2.81. The summed E-state index contributed by atoms with van der Waals surface area (Å²) in [6.07, 6.45) is 4.03. The molecule has 0 aliphatic carbocycles. The molecule has 2 rings (SSSR count). The summed E-state index contributed by atoms with van der Waals surface area (Å²) in [5.74, 6) is -0.233. The molecule has 2 N–H and O–H groups in total. The third kappa shape index (κ3) is 6.93. The summed E-state index contributed by atoms with van der Waals surface area (Å²) in [5.41, 5.74) is 2.41. The average Bonchev–Trinajstić information content (AvgIpc) is 2.64. The van der Waals surface area contributed by atoms with Gasteiger partial charge in [-0.25, -0.2) is 0 Å². The van der Waals surface area contributed by atoms with Crippen molar-refractivity contribution in [3.63, 3.8) is 0 Å². The molecule has 0 aliphatic rings. The lowest BCUT2D eigenvalue weighted by Crippen LogP contribution is -2.24. The maximum atomic E-state index is 12.2. The Hall–Kier alpha value is -2.89. The van der Waals surface area contributed by atoms with Crippen LogP contribution in [0, 0.1) is 6.92 Å². The van der Waals surface area contributed by atoms with Gasteiger partial charge in [-0.15, -0.1) is 0 Å². The molecule has 1 amide bonds. The van der Waals surface area contributed by atoms with Crippen molar-refractivity contribution in [2.45, 2.75) is 39.2 Å². The highest BCUT2D eigenvalue weighted by molar-refractivity contribution is 5.94. The first-order valence-electron chi connectivity index (χ1n) is 8.69. The predicted molar refractivity (Wildman–Crippen MR) is 98.2 cm³/mol. The van der Waals surface area contributed by atoms with E-state index in [1.54, 1.807) is 18.3 Å². The smallest absolute Gasteiger partial charge is 0.303 e. The van der Waals surface area contributed by atoms with E-state index in [-0.39, 0.29) is 12.3 Å². The summed E-state index contributed by atoms with van der Waals surface area (Å²) >= 11 is 0. The number of carboxylic acid groups (broad SMARTS) is 1. The minimum atomic E-state index is -0.783. The number of carboxylic acids is 1. The molecule has 1 heterocycles. The number of aryl methyl sites for hydroxylation is 1. The van der Waals surface area contributed by atoms with Crippen molar-refractivity contribution >= 4 is 11.9 Å². The number of carbonyl (C=O) groups is 2. The van der Waals surface area contributed by atoms with E-state index in [0.29, 0.717) is 30.9 Å². The summed E-state index contributed by atoms with van der Waals surface area (Å²) in [4.78, 5) is 26.8. The maximum absolute atomic E-state index is 12.2. The van der Waals surface area contributed by atoms with Crippen LogP contribution in [0.4, 0.5) is 0 Å². The Kier molecular flexibility index (Phi) is 7.61. The second kappa shape index (κ2) is 10.2. The zero-order chi connectivity index (χ0) is 18.8. The van der Waals surface area contributed by atoms with Crippen LogP contribution in [0.15, 0.2) is 42.6 Å². The second-order valence-corrected chi connectivity index (χ2v) is 6.08. The number of nitrogens with zero attached hydrogens (tertiary/aromatic N) is 1. The van der Waals surface area contributed by atoms with Crippen LogP contribution in [-0.4, -0.2) is 28.5 Å². The molecule has 0 radical (unpaired) electrons. The normalized spacial score (nSPS) is 10.3. The number of hydrogen-bond donors (Lipinski definition) is 2. The van der Waals surface area contributed by atoms with E-state index >= 15 is 0 Å². The van der Waals surface area contributed by atoms with Crippen LogP contribution >= 0.6 is 0 Å². The highest BCUT2D eigenvalue weighted by Crippen LogP contribution is 2.13. The average molecular weight is 356 g/mol. The lowest BCUT2D eigenvalue weighted by Gasteiger charge is -2.09. The first-order valence-corrected chi connectivity index (χ1v) is 8.69. The molecular formula is C20H24N2O4. The molecule has 0 spiro atoms. The zero-order valence-electron chi connectivity index (χ0n) is 14.9. The van der Waals surface area contributed by atoms with Gasteiger partial charge in [0.2, 0.25) is 0 Å². The van der Waals surface area contributed by atoms with Crippen LogP contribution in [-0.2, 0) is 11.4 Å². The molecule has 0 aliphatic heterocycles. The first-order chi connectivity index (χ1) is 12.5. The van der Waals surface area contributed by atoms with Gasteiger partial charge in [-0.05, 0) is 49.6 Å². The minimum absolute atomic E-state index is 0.137. The molecule has 0 atom stereocenters. The van der Waals surface area contributed by atoms with Gasteiger partial charge in [-0.2, -0.15) is 0 Å². The molecule has 138 valence electrons. The van der Waals surface area contributed by atoms with Crippen LogP contribution < -0.4 is 10.1 Å².